The highest BCUT2D eigenvalue weighted by atomic mass is 19.4. The molecule has 0 saturated heterocycles. The van der Waals surface area contributed by atoms with Gasteiger partial charge in [-0.3, -0.25) is 0 Å². The minimum atomic E-state index is -4.34. The molecule has 96 valence electrons. The maximum atomic E-state index is 12.9. The Kier molecular flexibility index (Phi) is 4.03. The molecule has 1 aromatic carbocycles. The Morgan fingerprint density at radius 3 is 2.24 bits per heavy atom. The van der Waals surface area contributed by atoms with Crippen LogP contribution < -0.4 is 10.1 Å². The number of halogens is 3. The van der Waals surface area contributed by atoms with E-state index in [1.165, 1.54) is 20.2 Å². The van der Waals surface area contributed by atoms with Crippen LogP contribution >= 0.6 is 0 Å². The Hall–Kier alpha value is -1.23. The molecule has 0 heterocycles. The van der Waals surface area contributed by atoms with E-state index in [0.717, 1.165) is 5.56 Å². The minimum Gasteiger partial charge on any atom is -0.496 e. The molecule has 0 aliphatic heterocycles. The number of hydrogen-bond donors (Lipinski definition) is 1. The highest BCUT2D eigenvalue weighted by Gasteiger charge is 2.41. The quantitative estimate of drug-likeness (QED) is 0.886. The highest BCUT2D eigenvalue weighted by molar-refractivity contribution is 5.46. The Balaban J connectivity index is 3.37. The SMILES string of the molecule is CNC(c1cc(C)cc(C)c1OC)C(F)(F)F. The average molecular weight is 247 g/mol. The number of benzene rings is 1. The van der Waals surface area contributed by atoms with Crippen molar-refractivity contribution in [1.29, 1.82) is 0 Å². The summed E-state index contributed by atoms with van der Waals surface area (Å²) in [7, 11) is 2.67. The topological polar surface area (TPSA) is 21.3 Å². The lowest BCUT2D eigenvalue weighted by atomic mass is 9.99. The van der Waals surface area contributed by atoms with Crippen molar-refractivity contribution < 1.29 is 17.9 Å². The molecule has 0 amide bonds. The van der Waals surface area contributed by atoms with E-state index in [4.69, 9.17) is 4.74 Å². The number of rotatable bonds is 3. The van der Waals surface area contributed by atoms with Gasteiger partial charge in [0, 0.05) is 5.56 Å². The Morgan fingerprint density at radius 1 is 1.24 bits per heavy atom. The molecule has 5 heteroatoms. The smallest absolute Gasteiger partial charge is 0.408 e. The number of hydrogen-bond acceptors (Lipinski definition) is 2. The molecule has 0 fully saturated rings. The molecule has 17 heavy (non-hydrogen) atoms. The summed E-state index contributed by atoms with van der Waals surface area (Å²) in [6.45, 7) is 3.50. The van der Waals surface area contributed by atoms with Gasteiger partial charge in [0.2, 0.25) is 0 Å². The van der Waals surface area contributed by atoms with Gasteiger partial charge in [-0.05, 0) is 26.5 Å². The van der Waals surface area contributed by atoms with Gasteiger partial charge in [-0.25, -0.2) is 0 Å². The zero-order valence-corrected chi connectivity index (χ0v) is 10.3. The number of ether oxygens (including phenoxy) is 1. The Bertz CT molecular complexity index is 401. The zero-order chi connectivity index (χ0) is 13.2. The first-order chi connectivity index (χ1) is 7.81. The van der Waals surface area contributed by atoms with E-state index in [-0.39, 0.29) is 11.3 Å². The Morgan fingerprint density at radius 2 is 1.82 bits per heavy atom. The third kappa shape index (κ3) is 2.91. The molecule has 0 spiro atoms. The van der Waals surface area contributed by atoms with Crippen LogP contribution in [0.2, 0.25) is 0 Å². The average Bonchev–Trinajstić information content (AvgIpc) is 2.15. The maximum Gasteiger partial charge on any atom is 0.408 e. The molecule has 1 unspecified atom stereocenters. The van der Waals surface area contributed by atoms with Crippen molar-refractivity contribution in [2.45, 2.75) is 26.1 Å². The summed E-state index contributed by atoms with van der Waals surface area (Å²) in [5, 5.41) is 2.28. The van der Waals surface area contributed by atoms with Gasteiger partial charge in [0.15, 0.2) is 0 Å². The standard InChI is InChI=1S/C12H16F3NO/c1-7-5-8(2)10(17-4)9(6-7)11(16-3)12(13,14)15/h5-6,11,16H,1-4H3. The third-order valence-electron chi connectivity index (χ3n) is 2.58. The first-order valence-electron chi connectivity index (χ1n) is 5.20. The van der Waals surface area contributed by atoms with Gasteiger partial charge in [-0.2, -0.15) is 13.2 Å². The van der Waals surface area contributed by atoms with Crippen LogP contribution in [0.15, 0.2) is 12.1 Å². The molecule has 1 rings (SSSR count). The van der Waals surface area contributed by atoms with Gasteiger partial charge in [-0.15, -0.1) is 0 Å². The summed E-state index contributed by atoms with van der Waals surface area (Å²) in [4.78, 5) is 0. The molecule has 0 aliphatic carbocycles. The second-order valence-electron chi connectivity index (χ2n) is 3.97. The van der Waals surface area contributed by atoms with Crippen molar-refractivity contribution in [2.75, 3.05) is 14.2 Å². The van der Waals surface area contributed by atoms with E-state index in [9.17, 15) is 13.2 Å². The summed E-state index contributed by atoms with van der Waals surface area (Å²) >= 11 is 0. The van der Waals surface area contributed by atoms with Crippen molar-refractivity contribution in [2.24, 2.45) is 0 Å². The van der Waals surface area contributed by atoms with E-state index < -0.39 is 12.2 Å². The van der Waals surface area contributed by atoms with Crippen LogP contribution in [-0.4, -0.2) is 20.3 Å². The van der Waals surface area contributed by atoms with Gasteiger partial charge < -0.3 is 10.1 Å². The van der Waals surface area contributed by atoms with Crippen LogP contribution in [0.5, 0.6) is 5.75 Å². The van der Waals surface area contributed by atoms with E-state index in [1.807, 2.05) is 0 Å². The zero-order valence-electron chi connectivity index (χ0n) is 10.3. The van der Waals surface area contributed by atoms with E-state index in [1.54, 1.807) is 19.9 Å². The van der Waals surface area contributed by atoms with E-state index in [0.29, 0.717) is 5.56 Å². The minimum absolute atomic E-state index is 0.125. The summed E-state index contributed by atoms with van der Waals surface area (Å²) in [5.41, 5.74) is 1.61. The molecular weight excluding hydrogens is 231 g/mol. The van der Waals surface area contributed by atoms with Crippen molar-refractivity contribution in [3.05, 3.63) is 28.8 Å². The van der Waals surface area contributed by atoms with E-state index in [2.05, 4.69) is 5.32 Å². The van der Waals surface area contributed by atoms with Gasteiger partial charge in [0.05, 0.1) is 7.11 Å². The van der Waals surface area contributed by atoms with Gasteiger partial charge >= 0.3 is 6.18 Å². The fourth-order valence-corrected chi connectivity index (χ4v) is 1.98. The molecule has 1 N–H and O–H groups in total. The highest BCUT2D eigenvalue weighted by Crippen LogP contribution is 2.38. The predicted molar refractivity (Wildman–Crippen MR) is 60.3 cm³/mol. The van der Waals surface area contributed by atoms with Gasteiger partial charge in [-0.1, -0.05) is 17.7 Å². The summed E-state index contributed by atoms with van der Waals surface area (Å²) in [6.07, 6.45) is -4.34. The molecule has 1 aromatic rings. The predicted octanol–water partition coefficient (Wildman–Crippen LogP) is 3.13. The molecule has 0 radical (unpaired) electrons. The molecular formula is C12H16F3NO. The number of nitrogens with one attached hydrogen (secondary N) is 1. The normalized spacial score (nSPS) is 13.6. The first-order valence-corrected chi connectivity index (χ1v) is 5.20. The number of alkyl halides is 3. The van der Waals surface area contributed by atoms with Crippen LogP contribution in [0.4, 0.5) is 13.2 Å². The van der Waals surface area contributed by atoms with Crippen LogP contribution in [0, 0.1) is 13.8 Å². The lowest BCUT2D eigenvalue weighted by Crippen LogP contribution is -2.32. The number of aryl methyl sites for hydroxylation is 2. The van der Waals surface area contributed by atoms with E-state index >= 15 is 0 Å². The molecule has 2 nitrogen and oxygen atoms in total. The summed E-state index contributed by atoms with van der Waals surface area (Å²) in [5.74, 6) is 0.285. The summed E-state index contributed by atoms with van der Waals surface area (Å²) in [6, 6.07) is 1.59. The fourth-order valence-electron chi connectivity index (χ4n) is 1.98. The van der Waals surface area contributed by atoms with Crippen molar-refractivity contribution in [3.8, 4) is 5.75 Å². The lowest BCUT2D eigenvalue weighted by Gasteiger charge is -2.23. The molecule has 1 atom stereocenters. The molecule has 0 aliphatic rings. The van der Waals surface area contributed by atoms with Crippen molar-refractivity contribution in [1.82, 2.24) is 5.32 Å². The summed E-state index contributed by atoms with van der Waals surface area (Å²) < 4.78 is 43.7. The largest absolute Gasteiger partial charge is 0.496 e. The second kappa shape index (κ2) is 4.96. The van der Waals surface area contributed by atoms with Crippen molar-refractivity contribution >= 4 is 0 Å². The van der Waals surface area contributed by atoms with Crippen LogP contribution in [0.1, 0.15) is 22.7 Å². The maximum absolute atomic E-state index is 12.9. The second-order valence-corrected chi connectivity index (χ2v) is 3.97. The van der Waals surface area contributed by atoms with Crippen LogP contribution in [0.25, 0.3) is 0 Å². The third-order valence-corrected chi connectivity index (χ3v) is 2.58. The fraction of sp³-hybridized carbons (Fsp3) is 0.500. The number of methoxy groups -OCH3 is 1. The monoisotopic (exact) mass is 247 g/mol. The van der Waals surface area contributed by atoms with Crippen LogP contribution in [0.3, 0.4) is 0 Å². The molecule has 0 aromatic heterocycles. The van der Waals surface area contributed by atoms with Gasteiger partial charge in [0.25, 0.3) is 0 Å². The Labute approximate surface area is 98.8 Å². The van der Waals surface area contributed by atoms with Crippen LogP contribution in [-0.2, 0) is 0 Å². The lowest BCUT2D eigenvalue weighted by molar-refractivity contribution is -0.156. The molecule has 0 bridgehead atoms. The van der Waals surface area contributed by atoms with Gasteiger partial charge in [0.1, 0.15) is 11.8 Å². The first kappa shape index (κ1) is 13.8. The molecule has 0 saturated carbocycles. The van der Waals surface area contributed by atoms with Crippen molar-refractivity contribution in [3.63, 3.8) is 0 Å².